The number of benzene rings is 1. The zero-order valence-corrected chi connectivity index (χ0v) is 12.5. The van der Waals surface area contributed by atoms with Crippen molar-refractivity contribution in [1.29, 1.82) is 0 Å². The van der Waals surface area contributed by atoms with Crippen LogP contribution in [0, 0.1) is 4.77 Å². The minimum atomic E-state index is 0.354. The van der Waals surface area contributed by atoms with E-state index in [0.717, 1.165) is 33.8 Å². The molecule has 0 bridgehead atoms. The monoisotopic (exact) mass is 283 g/mol. The van der Waals surface area contributed by atoms with E-state index in [-0.39, 0.29) is 0 Å². The molecule has 5 heteroatoms. The summed E-state index contributed by atoms with van der Waals surface area (Å²) in [6.45, 7) is 3.23. The van der Waals surface area contributed by atoms with E-state index in [1.807, 2.05) is 18.2 Å². The third kappa shape index (κ3) is 2.76. The van der Waals surface area contributed by atoms with Crippen LogP contribution in [-0.4, -0.2) is 35.1 Å². The number of imidazole rings is 1. The number of aromatic amines is 1. The molecule has 1 atom stereocenters. The van der Waals surface area contributed by atoms with Crippen LogP contribution in [0.3, 0.4) is 0 Å². The van der Waals surface area contributed by atoms with E-state index >= 15 is 0 Å². The lowest BCUT2D eigenvalue weighted by Crippen LogP contribution is -2.17. The van der Waals surface area contributed by atoms with Crippen LogP contribution in [0.5, 0.6) is 0 Å². The molecule has 1 aromatic carbocycles. The van der Waals surface area contributed by atoms with Crippen LogP contribution in [0.25, 0.3) is 11.0 Å². The highest BCUT2D eigenvalue weighted by atomic mass is 35.5. The van der Waals surface area contributed by atoms with Gasteiger partial charge in [0.15, 0.2) is 4.77 Å². The molecule has 1 heterocycles. The Kier molecular flexibility index (Phi) is 4.10. The summed E-state index contributed by atoms with van der Waals surface area (Å²) in [6.07, 6.45) is 1.06. The Bertz CT molecular complexity index is 600. The molecule has 1 aromatic heterocycles. The van der Waals surface area contributed by atoms with Gasteiger partial charge in [0.05, 0.1) is 11.0 Å². The van der Waals surface area contributed by atoms with E-state index in [1.54, 1.807) is 0 Å². The first-order chi connectivity index (χ1) is 8.49. The fraction of sp³-hybridized carbons (Fsp3) is 0.462. The van der Waals surface area contributed by atoms with Gasteiger partial charge in [-0.3, -0.25) is 0 Å². The van der Waals surface area contributed by atoms with Crippen molar-refractivity contribution in [3.8, 4) is 0 Å². The third-order valence-electron chi connectivity index (χ3n) is 3.11. The predicted molar refractivity (Wildman–Crippen MR) is 80.0 cm³/mol. The topological polar surface area (TPSA) is 24.0 Å². The molecule has 3 nitrogen and oxygen atoms in total. The molecule has 18 heavy (non-hydrogen) atoms. The maximum atomic E-state index is 6.06. The number of aromatic nitrogens is 2. The van der Waals surface area contributed by atoms with Gasteiger partial charge in [-0.25, -0.2) is 0 Å². The maximum Gasteiger partial charge on any atom is 0.178 e. The second-order valence-electron chi connectivity index (χ2n) is 4.90. The van der Waals surface area contributed by atoms with Crippen LogP contribution in [-0.2, 0) is 0 Å². The fourth-order valence-electron chi connectivity index (χ4n) is 2.11. The first-order valence-corrected chi connectivity index (χ1v) is 6.82. The zero-order valence-electron chi connectivity index (χ0n) is 10.9. The average molecular weight is 284 g/mol. The van der Waals surface area contributed by atoms with Gasteiger partial charge in [-0.15, -0.1) is 0 Å². The lowest BCUT2D eigenvalue weighted by atomic mass is 10.2. The van der Waals surface area contributed by atoms with Crippen LogP contribution in [0.1, 0.15) is 19.4 Å². The van der Waals surface area contributed by atoms with Crippen LogP contribution in [0.2, 0.25) is 5.02 Å². The van der Waals surface area contributed by atoms with E-state index in [9.17, 15) is 0 Å². The summed E-state index contributed by atoms with van der Waals surface area (Å²) in [5, 5.41) is 0.741. The van der Waals surface area contributed by atoms with Crippen molar-refractivity contribution in [3.05, 3.63) is 28.0 Å². The number of fused-ring (bicyclic) bond motifs is 1. The number of H-pyrrole nitrogens is 1. The molecule has 0 saturated carbocycles. The number of hydrogen-bond acceptors (Lipinski definition) is 2. The van der Waals surface area contributed by atoms with E-state index in [1.165, 1.54) is 0 Å². The van der Waals surface area contributed by atoms with Gasteiger partial charge in [0.2, 0.25) is 0 Å². The summed E-state index contributed by atoms with van der Waals surface area (Å²) in [5.74, 6) is 0. The van der Waals surface area contributed by atoms with Crippen LogP contribution in [0.4, 0.5) is 0 Å². The summed E-state index contributed by atoms with van der Waals surface area (Å²) in [5.41, 5.74) is 2.12. The molecular weight excluding hydrogens is 266 g/mol. The molecule has 0 spiro atoms. The molecule has 0 aliphatic rings. The highest BCUT2D eigenvalue weighted by Gasteiger charge is 2.11. The molecule has 2 aromatic rings. The van der Waals surface area contributed by atoms with Crippen molar-refractivity contribution in [2.24, 2.45) is 0 Å². The number of hydrogen-bond donors (Lipinski definition) is 1. The van der Waals surface area contributed by atoms with Gasteiger partial charge in [0.1, 0.15) is 0 Å². The van der Waals surface area contributed by atoms with Crippen molar-refractivity contribution in [2.45, 2.75) is 19.4 Å². The van der Waals surface area contributed by atoms with Crippen molar-refractivity contribution in [3.63, 3.8) is 0 Å². The smallest absolute Gasteiger partial charge is 0.178 e. The number of halogens is 1. The van der Waals surface area contributed by atoms with E-state index in [2.05, 4.69) is 35.5 Å². The fourth-order valence-corrected chi connectivity index (χ4v) is 2.66. The predicted octanol–water partition coefficient (Wildman–Crippen LogP) is 3.86. The molecule has 1 unspecified atom stereocenters. The van der Waals surface area contributed by atoms with Gasteiger partial charge in [0.25, 0.3) is 0 Å². The van der Waals surface area contributed by atoms with Gasteiger partial charge in [-0.05, 0) is 64.4 Å². The van der Waals surface area contributed by atoms with Crippen molar-refractivity contribution >= 4 is 34.9 Å². The number of rotatable bonds is 4. The molecule has 98 valence electrons. The highest BCUT2D eigenvalue weighted by Crippen LogP contribution is 2.24. The largest absolute Gasteiger partial charge is 0.331 e. The van der Waals surface area contributed by atoms with E-state index in [4.69, 9.17) is 23.8 Å². The Labute approximate surface area is 117 Å². The van der Waals surface area contributed by atoms with Gasteiger partial charge < -0.3 is 14.5 Å². The highest BCUT2D eigenvalue weighted by molar-refractivity contribution is 7.71. The summed E-state index contributed by atoms with van der Waals surface area (Å²) in [6, 6.07) is 6.18. The quantitative estimate of drug-likeness (QED) is 0.862. The van der Waals surface area contributed by atoms with Gasteiger partial charge in [-0.2, -0.15) is 0 Å². The Balaban J connectivity index is 2.40. The van der Waals surface area contributed by atoms with Crippen LogP contribution < -0.4 is 0 Å². The summed E-state index contributed by atoms with van der Waals surface area (Å²) in [4.78, 5) is 5.41. The van der Waals surface area contributed by atoms with Crippen molar-refractivity contribution < 1.29 is 0 Å². The molecule has 0 aliphatic heterocycles. The minimum absolute atomic E-state index is 0.354. The Morgan fingerprint density at radius 1 is 1.44 bits per heavy atom. The summed E-state index contributed by atoms with van der Waals surface area (Å²) < 4.78 is 2.92. The van der Waals surface area contributed by atoms with Gasteiger partial charge in [0, 0.05) is 11.1 Å². The minimum Gasteiger partial charge on any atom is -0.331 e. The molecule has 0 fully saturated rings. The first-order valence-electron chi connectivity index (χ1n) is 6.03. The van der Waals surface area contributed by atoms with Gasteiger partial charge in [-0.1, -0.05) is 11.6 Å². The Morgan fingerprint density at radius 3 is 2.83 bits per heavy atom. The maximum absolute atomic E-state index is 6.06. The number of nitrogens with zero attached hydrogens (tertiary/aromatic N) is 2. The number of nitrogens with one attached hydrogen (secondary N) is 1. The van der Waals surface area contributed by atoms with Crippen LogP contribution >= 0.6 is 23.8 Å². The molecular formula is C13H18ClN3S. The lowest BCUT2D eigenvalue weighted by molar-refractivity contribution is 0.359. The molecule has 2 rings (SSSR count). The second kappa shape index (κ2) is 5.43. The zero-order chi connectivity index (χ0) is 13.3. The van der Waals surface area contributed by atoms with Crippen LogP contribution in [0.15, 0.2) is 18.2 Å². The molecule has 0 aliphatic carbocycles. The Morgan fingerprint density at radius 2 is 2.17 bits per heavy atom. The van der Waals surface area contributed by atoms with Crippen molar-refractivity contribution in [1.82, 2.24) is 14.5 Å². The summed E-state index contributed by atoms with van der Waals surface area (Å²) in [7, 11) is 4.16. The average Bonchev–Trinajstić information content (AvgIpc) is 2.61. The lowest BCUT2D eigenvalue weighted by Gasteiger charge is -2.17. The first kappa shape index (κ1) is 13.6. The standard InChI is InChI=1S/C13H18ClN3S/c1-9(6-7-16(2)3)17-12-8-10(14)4-5-11(12)15-13(17)18/h4-5,8-9H,6-7H2,1-3H3,(H,15,18). The Hall–Kier alpha value is -0.840. The SMILES string of the molecule is CC(CCN(C)C)n1c(=S)[nH]c2ccc(Cl)cc21. The van der Waals surface area contributed by atoms with E-state index < -0.39 is 0 Å². The van der Waals surface area contributed by atoms with Gasteiger partial charge >= 0.3 is 0 Å². The normalized spacial score (nSPS) is 13.4. The van der Waals surface area contributed by atoms with E-state index in [0.29, 0.717) is 6.04 Å². The molecule has 0 radical (unpaired) electrons. The third-order valence-corrected chi connectivity index (χ3v) is 3.65. The molecule has 0 saturated heterocycles. The molecule has 0 amide bonds. The van der Waals surface area contributed by atoms with Crippen molar-refractivity contribution in [2.75, 3.05) is 20.6 Å². The second-order valence-corrected chi connectivity index (χ2v) is 5.73. The summed E-state index contributed by atoms with van der Waals surface area (Å²) >= 11 is 11.5. The molecule has 1 N–H and O–H groups in total.